The van der Waals surface area contributed by atoms with E-state index in [2.05, 4.69) is 26.6 Å². The van der Waals surface area contributed by atoms with Crippen molar-refractivity contribution in [1.82, 2.24) is 5.32 Å². The van der Waals surface area contributed by atoms with Gasteiger partial charge in [0.1, 0.15) is 11.9 Å². The van der Waals surface area contributed by atoms with Crippen LogP contribution in [-0.2, 0) is 4.79 Å². The van der Waals surface area contributed by atoms with E-state index in [-0.39, 0.29) is 11.6 Å². The SMILES string of the molecule is CC(NC(=O)c1ccccc1)C(=O)Nc1ccc(Br)cc1F. The summed E-state index contributed by atoms with van der Waals surface area (Å²) in [6.07, 6.45) is 0. The first kappa shape index (κ1) is 16.2. The van der Waals surface area contributed by atoms with E-state index in [4.69, 9.17) is 0 Å². The monoisotopic (exact) mass is 364 g/mol. The zero-order valence-electron chi connectivity index (χ0n) is 11.8. The second-order valence-electron chi connectivity index (χ2n) is 4.67. The second kappa shape index (κ2) is 7.17. The van der Waals surface area contributed by atoms with Crippen LogP contribution in [0.2, 0.25) is 0 Å². The first-order valence-electron chi connectivity index (χ1n) is 6.59. The molecule has 2 aromatic carbocycles. The lowest BCUT2D eigenvalue weighted by atomic mass is 10.2. The van der Waals surface area contributed by atoms with Crippen molar-refractivity contribution in [3.05, 3.63) is 64.4 Å². The molecule has 0 saturated carbocycles. The third-order valence-electron chi connectivity index (χ3n) is 2.97. The molecule has 1 unspecified atom stereocenters. The van der Waals surface area contributed by atoms with Crippen LogP contribution < -0.4 is 10.6 Å². The van der Waals surface area contributed by atoms with E-state index in [1.807, 2.05) is 0 Å². The Labute approximate surface area is 135 Å². The van der Waals surface area contributed by atoms with Gasteiger partial charge < -0.3 is 10.6 Å². The molecular weight excluding hydrogens is 351 g/mol. The summed E-state index contributed by atoms with van der Waals surface area (Å²) < 4.78 is 14.2. The van der Waals surface area contributed by atoms with Gasteiger partial charge in [0.15, 0.2) is 0 Å². The van der Waals surface area contributed by atoms with Crippen molar-refractivity contribution in [3.8, 4) is 0 Å². The maximum atomic E-state index is 13.7. The summed E-state index contributed by atoms with van der Waals surface area (Å²) in [5.41, 5.74) is 0.519. The van der Waals surface area contributed by atoms with Gasteiger partial charge in [-0.15, -0.1) is 0 Å². The Balaban J connectivity index is 1.99. The molecule has 1 atom stereocenters. The lowest BCUT2D eigenvalue weighted by Crippen LogP contribution is -2.41. The Morgan fingerprint density at radius 1 is 1.14 bits per heavy atom. The van der Waals surface area contributed by atoms with Gasteiger partial charge >= 0.3 is 0 Å². The highest BCUT2D eigenvalue weighted by atomic mass is 79.9. The van der Waals surface area contributed by atoms with Gasteiger partial charge in [0, 0.05) is 10.0 Å². The molecule has 114 valence electrons. The van der Waals surface area contributed by atoms with Crippen LogP contribution in [0.1, 0.15) is 17.3 Å². The topological polar surface area (TPSA) is 58.2 Å². The number of benzene rings is 2. The number of nitrogens with one attached hydrogen (secondary N) is 2. The average Bonchev–Trinajstić information content (AvgIpc) is 2.50. The minimum absolute atomic E-state index is 0.0639. The largest absolute Gasteiger partial charge is 0.341 e. The molecule has 2 aromatic rings. The lowest BCUT2D eigenvalue weighted by molar-refractivity contribution is -0.117. The van der Waals surface area contributed by atoms with Crippen molar-refractivity contribution in [2.45, 2.75) is 13.0 Å². The number of amides is 2. The maximum absolute atomic E-state index is 13.7. The number of rotatable bonds is 4. The predicted octanol–water partition coefficient (Wildman–Crippen LogP) is 3.35. The smallest absolute Gasteiger partial charge is 0.251 e. The first-order valence-corrected chi connectivity index (χ1v) is 7.38. The Kier molecular flexibility index (Phi) is 5.27. The molecular formula is C16H14BrFN2O2. The fourth-order valence-corrected chi connectivity index (χ4v) is 2.10. The molecule has 0 aliphatic rings. The third-order valence-corrected chi connectivity index (χ3v) is 3.46. The number of hydrogen-bond acceptors (Lipinski definition) is 2. The highest BCUT2D eigenvalue weighted by molar-refractivity contribution is 9.10. The molecule has 0 aliphatic heterocycles. The number of hydrogen-bond donors (Lipinski definition) is 2. The van der Waals surface area contributed by atoms with Crippen LogP contribution in [0.25, 0.3) is 0 Å². The molecule has 0 heterocycles. The number of carbonyl (C=O) groups excluding carboxylic acids is 2. The average molecular weight is 365 g/mol. The molecule has 6 heteroatoms. The molecule has 0 aromatic heterocycles. The quantitative estimate of drug-likeness (QED) is 0.873. The Morgan fingerprint density at radius 2 is 1.82 bits per heavy atom. The summed E-state index contributed by atoms with van der Waals surface area (Å²) >= 11 is 3.14. The van der Waals surface area contributed by atoms with Gasteiger partial charge in [-0.05, 0) is 37.3 Å². The third kappa shape index (κ3) is 4.14. The molecule has 0 saturated heterocycles. The standard InChI is InChI=1S/C16H14BrFN2O2/c1-10(19-16(22)11-5-3-2-4-6-11)15(21)20-14-8-7-12(17)9-13(14)18/h2-10H,1H3,(H,19,22)(H,20,21). The van der Waals surface area contributed by atoms with E-state index >= 15 is 0 Å². The van der Waals surface area contributed by atoms with Gasteiger partial charge in [-0.25, -0.2) is 4.39 Å². The highest BCUT2D eigenvalue weighted by Gasteiger charge is 2.17. The van der Waals surface area contributed by atoms with Gasteiger partial charge in [0.25, 0.3) is 5.91 Å². The molecule has 4 nitrogen and oxygen atoms in total. The summed E-state index contributed by atoms with van der Waals surface area (Å²) in [5.74, 6) is -1.41. The van der Waals surface area contributed by atoms with Crippen LogP contribution in [0.3, 0.4) is 0 Å². The van der Waals surface area contributed by atoms with Gasteiger partial charge in [-0.1, -0.05) is 34.1 Å². The van der Waals surface area contributed by atoms with Crippen LogP contribution in [0.5, 0.6) is 0 Å². The summed E-state index contributed by atoms with van der Waals surface area (Å²) in [7, 11) is 0. The van der Waals surface area contributed by atoms with Crippen molar-refractivity contribution in [2.75, 3.05) is 5.32 Å². The van der Waals surface area contributed by atoms with E-state index in [0.717, 1.165) is 0 Å². The zero-order chi connectivity index (χ0) is 16.1. The minimum atomic E-state index is -0.796. The van der Waals surface area contributed by atoms with Gasteiger partial charge in [0.05, 0.1) is 5.69 Å². The predicted molar refractivity (Wildman–Crippen MR) is 86.1 cm³/mol. The summed E-state index contributed by atoms with van der Waals surface area (Å²) in [6.45, 7) is 1.53. The fraction of sp³-hybridized carbons (Fsp3) is 0.125. The Morgan fingerprint density at radius 3 is 2.45 bits per heavy atom. The normalized spacial score (nSPS) is 11.6. The first-order chi connectivity index (χ1) is 10.5. The molecule has 2 rings (SSSR count). The van der Waals surface area contributed by atoms with Crippen LogP contribution in [0, 0.1) is 5.82 Å². The van der Waals surface area contributed by atoms with E-state index < -0.39 is 17.8 Å². The van der Waals surface area contributed by atoms with E-state index in [0.29, 0.717) is 10.0 Å². The Hall–Kier alpha value is -2.21. The van der Waals surface area contributed by atoms with Crippen LogP contribution in [-0.4, -0.2) is 17.9 Å². The molecule has 2 amide bonds. The second-order valence-corrected chi connectivity index (χ2v) is 5.59. The molecule has 2 N–H and O–H groups in total. The molecule has 22 heavy (non-hydrogen) atoms. The summed E-state index contributed by atoms with van der Waals surface area (Å²) in [4.78, 5) is 24.0. The van der Waals surface area contributed by atoms with Crippen LogP contribution >= 0.6 is 15.9 Å². The molecule has 0 radical (unpaired) electrons. The van der Waals surface area contributed by atoms with E-state index in [1.165, 1.54) is 19.1 Å². The number of halogens is 2. The van der Waals surface area contributed by atoms with Crippen LogP contribution in [0.15, 0.2) is 53.0 Å². The van der Waals surface area contributed by atoms with Crippen molar-refractivity contribution in [2.24, 2.45) is 0 Å². The van der Waals surface area contributed by atoms with Gasteiger partial charge in [-0.2, -0.15) is 0 Å². The number of carbonyl (C=O) groups is 2. The van der Waals surface area contributed by atoms with Gasteiger partial charge in [0.2, 0.25) is 5.91 Å². The Bertz CT molecular complexity index is 692. The molecule has 0 aliphatic carbocycles. The summed E-state index contributed by atoms with van der Waals surface area (Å²) in [5, 5.41) is 5.01. The maximum Gasteiger partial charge on any atom is 0.251 e. The van der Waals surface area contributed by atoms with E-state index in [9.17, 15) is 14.0 Å². The van der Waals surface area contributed by atoms with E-state index in [1.54, 1.807) is 36.4 Å². The van der Waals surface area contributed by atoms with Crippen molar-refractivity contribution < 1.29 is 14.0 Å². The highest BCUT2D eigenvalue weighted by Crippen LogP contribution is 2.19. The molecule has 0 spiro atoms. The fourth-order valence-electron chi connectivity index (χ4n) is 1.77. The van der Waals surface area contributed by atoms with Crippen LogP contribution in [0.4, 0.5) is 10.1 Å². The summed E-state index contributed by atoms with van der Waals surface area (Å²) in [6, 6.07) is 12.1. The minimum Gasteiger partial charge on any atom is -0.341 e. The molecule has 0 bridgehead atoms. The lowest BCUT2D eigenvalue weighted by Gasteiger charge is -2.14. The van der Waals surface area contributed by atoms with Gasteiger partial charge in [-0.3, -0.25) is 9.59 Å². The van der Waals surface area contributed by atoms with Crippen molar-refractivity contribution >= 4 is 33.4 Å². The van der Waals surface area contributed by atoms with Crippen molar-refractivity contribution in [3.63, 3.8) is 0 Å². The molecule has 0 fully saturated rings. The number of anilines is 1. The van der Waals surface area contributed by atoms with Crippen molar-refractivity contribution in [1.29, 1.82) is 0 Å². The zero-order valence-corrected chi connectivity index (χ0v) is 13.4.